The number of thiazole rings is 1. The summed E-state index contributed by atoms with van der Waals surface area (Å²) in [5.74, 6) is 0.523. The van der Waals surface area contributed by atoms with Gasteiger partial charge in [0.2, 0.25) is 5.95 Å². The van der Waals surface area contributed by atoms with E-state index >= 15 is 0 Å². The van der Waals surface area contributed by atoms with Crippen molar-refractivity contribution in [3.63, 3.8) is 0 Å². The predicted octanol–water partition coefficient (Wildman–Crippen LogP) is 5.27. The van der Waals surface area contributed by atoms with Crippen LogP contribution < -0.4 is 10.2 Å². The number of ether oxygens (including phenoxy) is 1. The molecule has 0 atom stereocenters. The Morgan fingerprint density at radius 3 is 2.72 bits per heavy atom. The highest BCUT2D eigenvalue weighted by atomic mass is 32.1. The lowest BCUT2D eigenvalue weighted by Gasteiger charge is -2.29. The van der Waals surface area contributed by atoms with Gasteiger partial charge < -0.3 is 9.64 Å². The number of nitrogens with one attached hydrogen (secondary N) is 1. The summed E-state index contributed by atoms with van der Waals surface area (Å²) < 4.78 is 5.57. The second kappa shape index (κ2) is 11.0. The maximum Gasteiger partial charge on any atom is 0.257 e. The Hall–Kier alpha value is -3.95. The molecule has 4 heterocycles. The zero-order valence-electron chi connectivity index (χ0n) is 22.1. The molecule has 0 saturated carbocycles. The molecule has 6 rings (SSSR count). The predicted molar refractivity (Wildman–Crippen MR) is 154 cm³/mol. The fourth-order valence-electron chi connectivity index (χ4n) is 4.96. The quantitative estimate of drug-likeness (QED) is 0.357. The summed E-state index contributed by atoms with van der Waals surface area (Å²) in [7, 11) is 0. The molecule has 1 N–H and O–H groups in total. The first-order valence-corrected chi connectivity index (χ1v) is 14.0. The molecule has 1 aliphatic heterocycles. The van der Waals surface area contributed by atoms with Crippen LogP contribution >= 0.6 is 11.3 Å². The van der Waals surface area contributed by atoms with Crippen molar-refractivity contribution >= 4 is 34.4 Å². The van der Waals surface area contributed by atoms with E-state index in [1.807, 2.05) is 50.4 Å². The standard InChI is InChI=1S/C30H30N6O2S/c1-19-20(2)39-30(32-19)35-28(37)24-7-3-6-23(17-24)27-25-9-8-21(15-22-5-4-10-31-18-22)16-26(25)33-29(34-27)36-11-13-38-14-12-36/h3-7,10,16-18H,8-9,11-15H2,1-2H3,(H,32,35,37). The lowest BCUT2D eigenvalue weighted by atomic mass is 9.89. The summed E-state index contributed by atoms with van der Waals surface area (Å²) in [5, 5.41) is 3.56. The number of morpholine rings is 1. The van der Waals surface area contributed by atoms with Gasteiger partial charge in [-0.15, -0.1) is 11.3 Å². The number of rotatable bonds is 6. The molecule has 0 radical (unpaired) electrons. The largest absolute Gasteiger partial charge is 0.378 e. The first kappa shape index (κ1) is 25.3. The van der Waals surface area contributed by atoms with E-state index in [2.05, 4.69) is 32.3 Å². The minimum absolute atomic E-state index is 0.180. The molecule has 1 saturated heterocycles. The average molecular weight is 539 g/mol. The highest BCUT2D eigenvalue weighted by Crippen LogP contribution is 2.34. The molecular weight excluding hydrogens is 508 g/mol. The van der Waals surface area contributed by atoms with E-state index in [1.165, 1.54) is 22.5 Å². The Labute approximate surface area is 231 Å². The number of amides is 1. The number of allylic oxidation sites excluding steroid dienone is 1. The number of pyridine rings is 1. The fraction of sp³-hybridized carbons (Fsp3) is 0.300. The maximum atomic E-state index is 13.1. The van der Waals surface area contributed by atoms with Crippen LogP contribution in [0.1, 0.15) is 44.2 Å². The van der Waals surface area contributed by atoms with Gasteiger partial charge in [-0.3, -0.25) is 15.1 Å². The molecule has 8 nitrogen and oxygen atoms in total. The van der Waals surface area contributed by atoms with Crippen molar-refractivity contribution < 1.29 is 9.53 Å². The van der Waals surface area contributed by atoms with Gasteiger partial charge in [0.1, 0.15) is 0 Å². The van der Waals surface area contributed by atoms with Gasteiger partial charge in [0.05, 0.1) is 30.3 Å². The van der Waals surface area contributed by atoms with Crippen LogP contribution in [0.4, 0.5) is 11.1 Å². The topological polar surface area (TPSA) is 93.1 Å². The van der Waals surface area contributed by atoms with Gasteiger partial charge in [0.25, 0.3) is 5.91 Å². The zero-order chi connectivity index (χ0) is 26.8. The second-order valence-electron chi connectivity index (χ2n) is 9.87. The van der Waals surface area contributed by atoms with Crippen molar-refractivity contribution in [3.05, 3.63) is 87.3 Å². The van der Waals surface area contributed by atoms with E-state index in [-0.39, 0.29) is 5.91 Å². The van der Waals surface area contributed by atoms with Gasteiger partial charge in [0, 0.05) is 47.1 Å². The van der Waals surface area contributed by atoms with Crippen LogP contribution in [0.15, 0.2) is 54.4 Å². The van der Waals surface area contributed by atoms with Gasteiger partial charge in [0.15, 0.2) is 5.13 Å². The van der Waals surface area contributed by atoms with Crippen molar-refractivity contribution in [2.75, 3.05) is 36.5 Å². The molecule has 39 heavy (non-hydrogen) atoms. The van der Waals surface area contributed by atoms with E-state index in [9.17, 15) is 4.79 Å². The number of nitrogens with zero attached hydrogens (tertiary/aromatic N) is 5. The molecule has 1 amide bonds. The van der Waals surface area contributed by atoms with Crippen molar-refractivity contribution in [2.24, 2.45) is 0 Å². The number of aryl methyl sites for hydroxylation is 2. The minimum Gasteiger partial charge on any atom is -0.378 e. The summed E-state index contributed by atoms with van der Waals surface area (Å²) in [6, 6.07) is 11.8. The van der Waals surface area contributed by atoms with Crippen molar-refractivity contribution in [1.82, 2.24) is 19.9 Å². The number of carbonyl (C=O) groups is 1. The number of anilines is 2. The van der Waals surface area contributed by atoms with Crippen LogP contribution in [0.2, 0.25) is 0 Å². The van der Waals surface area contributed by atoms with E-state index in [0.717, 1.165) is 65.4 Å². The van der Waals surface area contributed by atoms with Crippen LogP contribution in [0.5, 0.6) is 0 Å². The summed E-state index contributed by atoms with van der Waals surface area (Å²) in [6.07, 6.45) is 8.56. The van der Waals surface area contributed by atoms with Gasteiger partial charge in [-0.1, -0.05) is 23.8 Å². The average Bonchev–Trinajstić information content (AvgIpc) is 3.29. The van der Waals surface area contributed by atoms with Crippen LogP contribution in [-0.4, -0.2) is 52.1 Å². The molecule has 2 aliphatic rings. The molecule has 198 valence electrons. The van der Waals surface area contributed by atoms with E-state index < -0.39 is 0 Å². The van der Waals surface area contributed by atoms with E-state index in [0.29, 0.717) is 29.9 Å². The molecule has 0 unspecified atom stereocenters. The minimum atomic E-state index is -0.180. The molecule has 1 fully saturated rings. The normalized spacial score (nSPS) is 15.0. The van der Waals surface area contributed by atoms with Gasteiger partial charge in [-0.2, -0.15) is 0 Å². The highest BCUT2D eigenvalue weighted by Gasteiger charge is 2.23. The molecule has 0 spiro atoms. The van der Waals surface area contributed by atoms with Crippen LogP contribution in [0.25, 0.3) is 17.3 Å². The first-order valence-electron chi connectivity index (χ1n) is 13.2. The Bertz CT molecular complexity index is 1520. The smallest absolute Gasteiger partial charge is 0.257 e. The number of aromatic nitrogens is 4. The Morgan fingerprint density at radius 2 is 1.95 bits per heavy atom. The monoisotopic (exact) mass is 538 g/mol. The van der Waals surface area contributed by atoms with Crippen LogP contribution in [0, 0.1) is 13.8 Å². The van der Waals surface area contributed by atoms with E-state index in [1.54, 1.807) is 6.20 Å². The van der Waals surface area contributed by atoms with Gasteiger partial charge in [-0.05, 0) is 62.9 Å². The third-order valence-corrected chi connectivity index (χ3v) is 8.15. The Balaban J connectivity index is 1.36. The Kier molecular flexibility index (Phi) is 7.17. The molecular formula is C30H30N6O2S. The highest BCUT2D eigenvalue weighted by molar-refractivity contribution is 7.15. The molecule has 1 aliphatic carbocycles. The summed E-state index contributed by atoms with van der Waals surface area (Å²) in [5.41, 5.74) is 7.89. The third-order valence-electron chi connectivity index (χ3n) is 7.16. The first-order chi connectivity index (χ1) is 19.0. The molecule has 0 bridgehead atoms. The number of benzene rings is 1. The third kappa shape index (κ3) is 5.60. The summed E-state index contributed by atoms with van der Waals surface area (Å²) >= 11 is 1.49. The SMILES string of the molecule is Cc1nc(NC(=O)c2cccc(-c3nc(N4CCOCC4)nc4c3CCC(Cc3cccnc3)=C4)c2)sc1C. The summed E-state index contributed by atoms with van der Waals surface area (Å²) in [4.78, 5) is 35.2. The van der Waals surface area contributed by atoms with E-state index in [4.69, 9.17) is 14.7 Å². The number of hydrogen-bond donors (Lipinski definition) is 1. The number of hydrogen-bond acceptors (Lipinski definition) is 8. The van der Waals surface area contributed by atoms with Crippen molar-refractivity contribution in [1.29, 1.82) is 0 Å². The lowest BCUT2D eigenvalue weighted by molar-refractivity contribution is 0.102. The van der Waals surface area contributed by atoms with Crippen LogP contribution in [-0.2, 0) is 17.6 Å². The van der Waals surface area contributed by atoms with Gasteiger partial charge in [-0.25, -0.2) is 15.0 Å². The molecule has 9 heteroatoms. The van der Waals surface area contributed by atoms with Crippen molar-refractivity contribution in [3.8, 4) is 11.3 Å². The Morgan fingerprint density at radius 1 is 1.08 bits per heavy atom. The van der Waals surface area contributed by atoms with Gasteiger partial charge >= 0.3 is 0 Å². The zero-order valence-corrected chi connectivity index (χ0v) is 22.9. The lowest BCUT2D eigenvalue weighted by Crippen LogP contribution is -2.37. The fourth-order valence-corrected chi connectivity index (χ4v) is 5.77. The maximum absolute atomic E-state index is 13.1. The second-order valence-corrected chi connectivity index (χ2v) is 11.1. The molecule has 3 aromatic heterocycles. The van der Waals surface area contributed by atoms with Crippen molar-refractivity contribution in [2.45, 2.75) is 33.1 Å². The molecule has 4 aromatic rings. The number of carbonyl (C=O) groups excluding carboxylic acids is 1. The molecule has 1 aromatic carbocycles. The number of fused-ring (bicyclic) bond motifs is 1. The van der Waals surface area contributed by atoms with Crippen LogP contribution in [0.3, 0.4) is 0 Å². The summed E-state index contributed by atoms with van der Waals surface area (Å²) in [6.45, 7) is 6.76.